The molecule has 1 aromatic heterocycles. The van der Waals surface area contributed by atoms with Crippen molar-refractivity contribution in [3.05, 3.63) is 64.0 Å². The van der Waals surface area contributed by atoms with Crippen LogP contribution in [-0.2, 0) is 42.9 Å². The minimum Gasteiger partial charge on any atom is -0.463 e. The maximum atomic E-state index is 13.2. The van der Waals surface area contributed by atoms with E-state index in [9.17, 15) is 24.0 Å². The van der Waals surface area contributed by atoms with Gasteiger partial charge in [0.15, 0.2) is 17.6 Å². The Kier molecular flexibility index (Phi) is 9.48. The Morgan fingerprint density at radius 2 is 1.43 bits per heavy atom. The van der Waals surface area contributed by atoms with E-state index in [1.165, 1.54) is 31.4 Å². The van der Waals surface area contributed by atoms with Gasteiger partial charge in [-0.3, -0.25) is 24.0 Å². The van der Waals surface area contributed by atoms with Crippen LogP contribution in [0.1, 0.15) is 27.7 Å². The third-order valence-electron chi connectivity index (χ3n) is 6.10. The van der Waals surface area contributed by atoms with Crippen molar-refractivity contribution in [1.82, 2.24) is 0 Å². The molecule has 2 aromatic carbocycles. The van der Waals surface area contributed by atoms with Crippen molar-refractivity contribution >= 4 is 46.4 Å². The first-order valence-corrected chi connectivity index (χ1v) is 13.1. The van der Waals surface area contributed by atoms with E-state index in [4.69, 9.17) is 44.4 Å². The summed E-state index contributed by atoms with van der Waals surface area (Å²) in [4.78, 5) is 60.7. The van der Waals surface area contributed by atoms with E-state index < -0.39 is 61.2 Å². The monoisotopic (exact) mass is 602 g/mol. The molecule has 0 bridgehead atoms. The summed E-state index contributed by atoms with van der Waals surface area (Å²) in [6, 6.07) is 11.1. The molecule has 0 spiro atoms. The first-order chi connectivity index (χ1) is 19.9. The lowest BCUT2D eigenvalue weighted by molar-refractivity contribution is -0.288. The third kappa shape index (κ3) is 7.25. The molecule has 0 unspecified atom stereocenters. The fourth-order valence-corrected chi connectivity index (χ4v) is 4.55. The molecule has 12 nitrogen and oxygen atoms in total. The topological polar surface area (TPSA) is 154 Å². The molecule has 1 aliphatic rings. The molecule has 222 valence electrons. The van der Waals surface area contributed by atoms with E-state index in [1.54, 1.807) is 24.3 Å². The van der Waals surface area contributed by atoms with E-state index in [2.05, 4.69) is 0 Å². The van der Waals surface area contributed by atoms with Crippen LogP contribution < -0.4 is 10.2 Å². The minimum absolute atomic E-state index is 0.130. The van der Waals surface area contributed by atoms with Crippen LogP contribution in [0.2, 0.25) is 5.02 Å². The molecule has 1 fully saturated rings. The highest BCUT2D eigenvalue weighted by molar-refractivity contribution is 6.30. The summed E-state index contributed by atoms with van der Waals surface area (Å²) in [6.07, 6.45) is -5.45. The number of carbonyl (C=O) groups excluding carboxylic acids is 4. The van der Waals surface area contributed by atoms with Gasteiger partial charge in [-0.1, -0.05) is 23.7 Å². The molecule has 0 radical (unpaired) electrons. The zero-order valence-electron chi connectivity index (χ0n) is 23.0. The highest BCUT2D eigenvalue weighted by Gasteiger charge is 2.53. The number of rotatable bonds is 8. The molecular formula is C29H27ClO12. The normalized spacial score (nSPS) is 21.7. The molecule has 13 heteroatoms. The van der Waals surface area contributed by atoms with Gasteiger partial charge < -0.3 is 32.8 Å². The van der Waals surface area contributed by atoms with Crippen LogP contribution in [0.4, 0.5) is 0 Å². The number of fused-ring (bicyclic) bond motifs is 1. The van der Waals surface area contributed by atoms with Gasteiger partial charge in [-0.25, -0.2) is 0 Å². The van der Waals surface area contributed by atoms with Crippen molar-refractivity contribution in [2.75, 3.05) is 6.61 Å². The summed E-state index contributed by atoms with van der Waals surface area (Å²) in [5.74, 6) is -2.81. The first-order valence-electron chi connectivity index (χ1n) is 12.7. The molecule has 0 saturated carbocycles. The molecule has 0 aliphatic carbocycles. The second-order valence-corrected chi connectivity index (χ2v) is 9.77. The largest absolute Gasteiger partial charge is 0.463 e. The summed E-state index contributed by atoms with van der Waals surface area (Å²) >= 11 is 5.95. The number of carbonyl (C=O) groups is 4. The SMILES string of the molecule is CC(=O)OC[C@@H]1O[C@H](Oc2ccc3c(=O)c(-c4ccc(Cl)cc4)coc3c2)[C@H](OC(C)=O)[C@H](OC(C)=O)[C@@H]1OC(C)=O. The van der Waals surface area contributed by atoms with Gasteiger partial charge in [-0.15, -0.1) is 0 Å². The van der Waals surface area contributed by atoms with Crippen LogP contribution in [0.3, 0.4) is 0 Å². The number of halogens is 1. The molecule has 4 rings (SSSR count). The smallest absolute Gasteiger partial charge is 0.303 e. The third-order valence-corrected chi connectivity index (χ3v) is 6.35. The van der Waals surface area contributed by atoms with Crippen molar-refractivity contribution in [1.29, 1.82) is 0 Å². The fraction of sp³-hybridized carbons (Fsp3) is 0.345. The molecule has 0 N–H and O–H groups in total. The molecule has 1 aliphatic heterocycles. The predicted octanol–water partition coefficient (Wildman–Crippen LogP) is 3.58. The van der Waals surface area contributed by atoms with Crippen LogP contribution in [0.25, 0.3) is 22.1 Å². The highest BCUT2D eigenvalue weighted by atomic mass is 35.5. The molecular weight excluding hydrogens is 576 g/mol. The van der Waals surface area contributed by atoms with Gasteiger partial charge >= 0.3 is 23.9 Å². The Bertz CT molecular complexity index is 1550. The molecule has 5 atom stereocenters. The van der Waals surface area contributed by atoms with Crippen LogP contribution in [0, 0.1) is 0 Å². The molecule has 42 heavy (non-hydrogen) atoms. The Balaban J connectivity index is 1.70. The number of esters is 4. The van der Waals surface area contributed by atoms with Crippen molar-refractivity contribution in [3.8, 4) is 16.9 Å². The van der Waals surface area contributed by atoms with Crippen molar-refractivity contribution < 1.29 is 52.0 Å². The van der Waals surface area contributed by atoms with E-state index in [-0.39, 0.29) is 22.1 Å². The maximum Gasteiger partial charge on any atom is 0.303 e. The number of hydrogen-bond donors (Lipinski definition) is 0. The summed E-state index contributed by atoms with van der Waals surface area (Å²) < 4.78 is 38.9. The predicted molar refractivity (Wildman–Crippen MR) is 146 cm³/mol. The Morgan fingerprint density at radius 1 is 0.810 bits per heavy atom. The first kappa shape index (κ1) is 30.5. The molecule has 2 heterocycles. The summed E-state index contributed by atoms with van der Waals surface area (Å²) in [7, 11) is 0. The lowest BCUT2D eigenvalue weighted by Crippen LogP contribution is -2.63. The molecule has 0 amide bonds. The maximum absolute atomic E-state index is 13.2. The van der Waals surface area contributed by atoms with Gasteiger partial charge in [0.05, 0.1) is 10.9 Å². The van der Waals surface area contributed by atoms with E-state index >= 15 is 0 Å². The molecule has 3 aromatic rings. The quantitative estimate of drug-likeness (QED) is 0.273. The highest BCUT2D eigenvalue weighted by Crippen LogP contribution is 2.32. The van der Waals surface area contributed by atoms with Gasteiger partial charge in [0.25, 0.3) is 0 Å². The van der Waals surface area contributed by atoms with Crippen LogP contribution in [-0.4, -0.2) is 61.2 Å². The van der Waals surface area contributed by atoms with E-state index in [0.717, 1.165) is 20.8 Å². The second kappa shape index (κ2) is 13.0. The summed E-state index contributed by atoms with van der Waals surface area (Å²) in [5.41, 5.74) is 0.832. The van der Waals surface area contributed by atoms with Gasteiger partial charge in [-0.05, 0) is 29.8 Å². The van der Waals surface area contributed by atoms with Crippen molar-refractivity contribution in [2.45, 2.75) is 58.4 Å². The lowest BCUT2D eigenvalue weighted by atomic mass is 9.98. The standard InChI is InChI=1S/C29H27ClO12/c1-14(31)36-13-24-26(38-15(2)32)27(39-16(3)33)28(40-17(4)34)29(42-24)41-20-9-10-21-23(11-20)37-12-22(25(21)35)18-5-7-19(30)8-6-18/h5-12,24,26-29H,13H2,1-4H3/t24-,26+,27+,28+,29-/m0/s1. The van der Waals surface area contributed by atoms with Gasteiger partial charge in [0.2, 0.25) is 12.4 Å². The van der Waals surface area contributed by atoms with Crippen molar-refractivity contribution in [3.63, 3.8) is 0 Å². The molecule has 1 saturated heterocycles. The second-order valence-electron chi connectivity index (χ2n) is 9.33. The van der Waals surface area contributed by atoms with Crippen molar-refractivity contribution in [2.24, 2.45) is 0 Å². The average molecular weight is 603 g/mol. The lowest BCUT2D eigenvalue weighted by Gasteiger charge is -2.43. The van der Waals surface area contributed by atoms with Crippen LogP contribution in [0.15, 0.2) is 57.9 Å². The Labute approximate surface area is 244 Å². The fourth-order valence-electron chi connectivity index (χ4n) is 4.43. The van der Waals surface area contributed by atoms with Crippen LogP contribution in [0.5, 0.6) is 5.75 Å². The summed E-state index contributed by atoms with van der Waals surface area (Å²) in [6.45, 7) is 4.13. The zero-order chi connectivity index (χ0) is 30.6. The van der Waals surface area contributed by atoms with Gasteiger partial charge in [-0.2, -0.15) is 0 Å². The van der Waals surface area contributed by atoms with Gasteiger partial charge in [0, 0.05) is 38.8 Å². The zero-order valence-corrected chi connectivity index (χ0v) is 23.7. The van der Waals surface area contributed by atoms with Gasteiger partial charge in [0.1, 0.15) is 30.3 Å². The Hall–Kier alpha value is -4.42. The van der Waals surface area contributed by atoms with E-state index in [1.807, 2.05) is 0 Å². The van der Waals surface area contributed by atoms with Crippen LogP contribution >= 0.6 is 11.6 Å². The Morgan fingerprint density at radius 3 is 2.05 bits per heavy atom. The summed E-state index contributed by atoms with van der Waals surface area (Å²) in [5, 5.41) is 0.782. The average Bonchev–Trinajstić information content (AvgIpc) is 2.91. The minimum atomic E-state index is -1.44. The number of hydrogen-bond acceptors (Lipinski definition) is 12. The number of ether oxygens (including phenoxy) is 6. The van der Waals surface area contributed by atoms with E-state index in [0.29, 0.717) is 16.1 Å². The number of benzene rings is 2.